The smallest absolute Gasteiger partial charge is 0.219 e. The first kappa shape index (κ1) is 23.4. The van der Waals surface area contributed by atoms with Crippen LogP contribution in [0.25, 0.3) is 5.65 Å². The minimum atomic E-state index is -0.309. The quantitative estimate of drug-likeness (QED) is 0.207. The first-order chi connectivity index (χ1) is 15.2. The fourth-order valence-corrected chi connectivity index (χ4v) is 2.87. The summed E-state index contributed by atoms with van der Waals surface area (Å²) in [5.74, 6) is 2.12. The van der Waals surface area contributed by atoms with Crippen LogP contribution in [0.1, 0.15) is 18.3 Å². The van der Waals surface area contributed by atoms with E-state index in [0.29, 0.717) is 30.7 Å². The molecule has 10 heteroatoms. The molecule has 3 aromatic heterocycles. The molecule has 1 aromatic carbocycles. The molecule has 0 saturated heterocycles. The molecule has 0 saturated carbocycles. The largest absolute Gasteiger partial charge is 0.439 e. The van der Waals surface area contributed by atoms with Crippen molar-refractivity contribution in [3.05, 3.63) is 84.2 Å². The Morgan fingerprint density at radius 2 is 1.91 bits per heavy atom. The number of aliphatic imine (C=N–C) groups is 1. The highest BCUT2D eigenvalue weighted by Gasteiger charge is 2.06. The Morgan fingerprint density at radius 3 is 2.66 bits per heavy atom. The first-order valence-corrected chi connectivity index (χ1v) is 9.90. The number of nitrogens with one attached hydrogen (secondary N) is 2. The number of halogens is 2. The summed E-state index contributed by atoms with van der Waals surface area (Å²) in [6.07, 6.45) is 3.63. The SMILES string of the molecule is CCNC(=NCc1ccc(Oc2ccc(F)cc2)nc1)NCc1nnc2ccccn12.I. The number of benzene rings is 1. The summed E-state index contributed by atoms with van der Waals surface area (Å²) < 4.78 is 20.5. The Morgan fingerprint density at radius 1 is 1.06 bits per heavy atom. The van der Waals surface area contributed by atoms with Crippen molar-refractivity contribution in [3.63, 3.8) is 0 Å². The van der Waals surface area contributed by atoms with Gasteiger partial charge in [0.25, 0.3) is 0 Å². The summed E-state index contributed by atoms with van der Waals surface area (Å²) in [4.78, 5) is 8.89. The van der Waals surface area contributed by atoms with E-state index in [-0.39, 0.29) is 29.8 Å². The van der Waals surface area contributed by atoms with E-state index in [4.69, 9.17) is 4.74 Å². The van der Waals surface area contributed by atoms with Crippen molar-refractivity contribution >= 4 is 35.6 Å². The zero-order chi connectivity index (χ0) is 21.5. The van der Waals surface area contributed by atoms with Gasteiger partial charge in [-0.15, -0.1) is 34.2 Å². The lowest BCUT2D eigenvalue weighted by Crippen LogP contribution is -2.37. The van der Waals surface area contributed by atoms with Gasteiger partial charge in [-0.1, -0.05) is 12.1 Å². The molecule has 0 aliphatic heterocycles. The van der Waals surface area contributed by atoms with Gasteiger partial charge in [0.1, 0.15) is 11.6 Å². The van der Waals surface area contributed by atoms with Crippen LogP contribution >= 0.6 is 24.0 Å². The molecule has 0 spiro atoms. The number of pyridine rings is 2. The minimum absolute atomic E-state index is 0. The molecule has 0 radical (unpaired) electrons. The van der Waals surface area contributed by atoms with Crippen molar-refractivity contribution in [3.8, 4) is 11.6 Å². The average molecular weight is 547 g/mol. The summed E-state index contributed by atoms with van der Waals surface area (Å²) in [5.41, 5.74) is 1.73. The van der Waals surface area contributed by atoms with Crippen molar-refractivity contribution in [2.75, 3.05) is 6.54 Å². The van der Waals surface area contributed by atoms with Crippen LogP contribution in [0, 0.1) is 5.82 Å². The molecule has 2 N–H and O–H groups in total. The highest BCUT2D eigenvalue weighted by atomic mass is 127. The van der Waals surface area contributed by atoms with Gasteiger partial charge in [0.2, 0.25) is 5.88 Å². The first-order valence-electron chi connectivity index (χ1n) is 9.90. The third-order valence-electron chi connectivity index (χ3n) is 4.40. The molecule has 0 aliphatic carbocycles. The number of hydrogen-bond acceptors (Lipinski definition) is 5. The monoisotopic (exact) mass is 547 g/mol. The van der Waals surface area contributed by atoms with Crippen LogP contribution < -0.4 is 15.4 Å². The maximum Gasteiger partial charge on any atom is 0.219 e. The highest BCUT2D eigenvalue weighted by Crippen LogP contribution is 2.19. The van der Waals surface area contributed by atoms with Crippen LogP contribution in [-0.2, 0) is 13.1 Å². The second-order valence-corrected chi connectivity index (χ2v) is 6.65. The summed E-state index contributed by atoms with van der Waals surface area (Å²) >= 11 is 0. The van der Waals surface area contributed by atoms with E-state index in [0.717, 1.165) is 23.6 Å². The molecule has 8 nitrogen and oxygen atoms in total. The molecule has 166 valence electrons. The van der Waals surface area contributed by atoms with Crippen molar-refractivity contribution in [1.82, 2.24) is 30.2 Å². The molecule has 0 fully saturated rings. The molecular weight excluding hydrogens is 524 g/mol. The van der Waals surface area contributed by atoms with Crippen molar-refractivity contribution in [2.45, 2.75) is 20.0 Å². The molecule has 0 unspecified atom stereocenters. The van der Waals surface area contributed by atoms with Crippen LogP contribution in [0.2, 0.25) is 0 Å². The maximum absolute atomic E-state index is 13.0. The standard InChI is InChI=1S/C22H22FN7O.HI/c1-2-24-22(27-15-20-29-28-19-5-3-4-12-30(19)20)26-14-16-6-11-21(25-13-16)31-18-9-7-17(23)8-10-18;/h3-13H,2,14-15H2,1H3,(H2,24,26,27);1H. The van der Waals surface area contributed by atoms with E-state index >= 15 is 0 Å². The van der Waals surface area contributed by atoms with Crippen LogP contribution in [0.15, 0.2) is 72.0 Å². The normalized spacial score (nSPS) is 11.1. The van der Waals surface area contributed by atoms with Gasteiger partial charge in [-0.3, -0.25) is 4.40 Å². The number of rotatable bonds is 7. The Balaban J connectivity index is 0.00000289. The predicted molar refractivity (Wildman–Crippen MR) is 131 cm³/mol. The number of guanidine groups is 1. The van der Waals surface area contributed by atoms with Crippen LogP contribution in [0.3, 0.4) is 0 Å². The number of nitrogens with zero attached hydrogens (tertiary/aromatic N) is 5. The third kappa shape index (κ3) is 6.13. The fourth-order valence-electron chi connectivity index (χ4n) is 2.87. The fraction of sp³-hybridized carbons (Fsp3) is 0.182. The average Bonchev–Trinajstić information content (AvgIpc) is 3.21. The van der Waals surface area contributed by atoms with E-state index in [2.05, 4.69) is 30.8 Å². The number of fused-ring (bicyclic) bond motifs is 1. The summed E-state index contributed by atoms with van der Waals surface area (Å²) in [5, 5.41) is 14.9. The molecule has 3 heterocycles. The van der Waals surface area contributed by atoms with E-state index in [1.54, 1.807) is 24.4 Å². The van der Waals surface area contributed by atoms with Gasteiger partial charge in [-0.2, -0.15) is 0 Å². The molecule has 0 bridgehead atoms. The zero-order valence-electron chi connectivity index (χ0n) is 17.4. The Kier molecular flexibility index (Phi) is 8.31. The third-order valence-corrected chi connectivity index (χ3v) is 4.40. The van der Waals surface area contributed by atoms with Crippen molar-refractivity contribution in [2.24, 2.45) is 4.99 Å². The van der Waals surface area contributed by atoms with Crippen LogP contribution in [0.4, 0.5) is 4.39 Å². The highest BCUT2D eigenvalue weighted by molar-refractivity contribution is 14.0. The molecule has 32 heavy (non-hydrogen) atoms. The van der Waals surface area contributed by atoms with E-state index in [9.17, 15) is 4.39 Å². The van der Waals surface area contributed by atoms with E-state index in [1.165, 1.54) is 12.1 Å². The van der Waals surface area contributed by atoms with Crippen LogP contribution in [-0.4, -0.2) is 32.1 Å². The summed E-state index contributed by atoms with van der Waals surface area (Å²) in [7, 11) is 0. The Hall–Kier alpha value is -3.28. The van der Waals surface area contributed by atoms with Gasteiger partial charge in [0.05, 0.1) is 13.1 Å². The van der Waals surface area contributed by atoms with Gasteiger partial charge in [-0.25, -0.2) is 14.4 Å². The summed E-state index contributed by atoms with van der Waals surface area (Å²) in [6, 6.07) is 15.2. The number of hydrogen-bond donors (Lipinski definition) is 2. The number of ether oxygens (including phenoxy) is 1. The van der Waals surface area contributed by atoms with Gasteiger partial charge in [0, 0.05) is 25.0 Å². The lowest BCUT2D eigenvalue weighted by atomic mass is 10.3. The second-order valence-electron chi connectivity index (χ2n) is 6.65. The Bertz CT molecular complexity index is 1160. The lowest BCUT2D eigenvalue weighted by Gasteiger charge is -2.10. The molecule has 0 amide bonds. The molecule has 4 aromatic rings. The number of aromatic nitrogens is 4. The molecule has 0 atom stereocenters. The van der Waals surface area contributed by atoms with Gasteiger partial charge < -0.3 is 15.4 Å². The predicted octanol–water partition coefficient (Wildman–Crippen LogP) is 3.93. The second kappa shape index (κ2) is 11.4. The van der Waals surface area contributed by atoms with E-state index in [1.807, 2.05) is 41.8 Å². The lowest BCUT2D eigenvalue weighted by molar-refractivity contribution is 0.461. The van der Waals surface area contributed by atoms with E-state index < -0.39 is 0 Å². The van der Waals surface area contributed by atoms with Gasteiger partial charge >= 0.3 is 0 Å². The minimum Gasteiger partial charge on any atom is -0.439 e. The maximum atomic E-state index is 13.0. The molecule has 0 aliphatic rings. The van der Waals surface area contributed by atoms with Crippen molar-refractivity contribution < 1.29 is 9.13 Å². The topological polar surface area (TPSA) is 88.7 Å². The van der Waals surface area contributed by atoms with Crippen LogP contribution in [0.5, 0.6) is 11.6 Å². The summed E-state index contributed by atoms with van der Waals surface area (Å²) in [6.45, 7) is 3.67. The molecular formula is C22H23FIN7O. The van der Waals surface area contributed by atoms with Gasteiger partial charge in [-0.05, 0) is 48.9 Å². The van der Waals surface area contributed by atoms with Gasteiger partial charge in [0.15, 0.2) is 17.4 Å². The van der Waals surface area contributed by atoms with Crippen molar-refractivity contribution in [1.29, 1.82) is 0 Å². The molecule has 4 rings (SSSR count). The zero-order valence-corrected chi connectivity index (χ0v) is 19.7. The Labute approximate surface area is 202 Å².